The van der Waals surface area contributed by atoms with E-state index in [1.165, 1.54) is 6.07 Å². The molecule has 0 spiro atoms. The molecule has 0 aromatic carbocycles. The van der Waals surface area contributed by atoms with Crippen LogP contribution in [0.15, 0.2) is 6.07 Å². The molecule has 1 aliphatic rings. The summed E-state index contributed by atoms with van der Waals surface area (Å²) in [5.74, 6) is -1.99. The second-order valence-corrected chi connectivity index (χ2v) is 5.50. The maximum absolute atomic E-state index is 11.3. The fourth-order valence-electron chi connectivity index (χ4n) is 2.06. The Hall–Kier alpha value is -2.15. The lowest BCUT2D eigenvalue weighted by Gasteiger charge is -2.03. The highest BCUT2D eigenvalue weighted by Gasteiger charge is 2.29. The van der Waals surface area contributed by atoms with Gasteiger partial charge >= 0.3 is 11.9 Å². The highest BCUT2D eigenvalue weighted by molar-refractivity contribution is 7.21. The van der Waals surface area contributed by atoms with Crippen LogP contribution in [0, 0.1) is 0 Å². The van der Waals surface area contributed by atoms with Crippen molar-refractivity contribution < 1.29 is 19.8 Å². The Morgan fingerprint density at radius 2 is 2.00 bits per heavy atom. The van der Waals surface area contributed by atoms with E-state index in [0.717, 1.165) is 24.2 Å². The molecule has 19 heavy (non-hydrogen) atoms. The van der Waals surface area contributed by atoms with Crippen LogP contribution in [0.4, 0.5) is 5.69 Å². The maximum atomic E-state index is 11.3. The highest BCUT2D eigenvalue weighted by Crippen LogP contribution is 2.42. The van der Waals surface area contributed by atoms with Gasteiger partial charge in [-0.1, -0.05) is 0 Å². The molecule has 3 rings (SSSR count). The molecular formula is C12H10N2O4S. The molecule has 2 heterocycles. The highest BCUT2D eigenvalue weighted by atomic mass is 32.1. The molecule has 6 nitrogen and oxygen atoms in total. The van der Waals surface area contributed by atoms with Crippen molar-refractivity contribution in [2.75, 3.05) is 5.73 Å². The first-order chi connectivity index (χ1) is 8.99. The van der Waals surface area contributed by atoms with Crippen molar-refractivity contribution in [3.05, 3.63) is 22.2 Å². The summed E-state index contributed by atoms with van der Waals surface area (Å²) in [6.07, 6.45) is 1.98. The number of rotatable bonds is 3. The number of hydrogen-bond acceptors (Lipinski definition) is 5. The zero-order chi connectivity index (χ0) is 13.7. The normalized spacial score (nSPS) is 14.7. The molecule has 7 heteroatoms. The van der Waals surface area contributed by atoms with E-state index in [1.807, 2.05) is 0 Å². The third-order valence-corrected chi connectivity index (χ3v) is 4.23. The molecule has 1 fully saturated rings. The van der Waals surface area contributed by atoms with Crippen LogP contribution >= 0.6 is 11.3 Å². The Labute approximate surface area is 111 Å². The number of nitrogen functional groups attached to an aromatic ring is 1. The Morgan fingerprint density at radius 3 is 2.53 bits per heavy atom. The van der Waals surface area contributed by atoms with Gasteiger partial charge in [0.15, 0.2) is 0 Å². The minimum atomic E-state index is -1.16. The smallest absolute Gasteiger partial charge is 0.348 e. The molecule has 2 aromatic heterocycles. The van der Waals surface area contributed by atoms with E-state index in [1.54, 1.807) is 0 Å². The van der Waals surface area contributed by atoms with E-state index in [2.05, 4.69) is 4.98 Å². The van der Waals surface area contributed by atoms with Gasteiger partial charge in [0.25, 0.3) is 0 Å². The van der Waals surface area contributed by atoms with Gasteiger partial charge < -0.3 is 15.9 Å². The number of aromatic carboxylic acids is 2. The monoisotopic (exact) mass is 278 g/mol. The van der Waals surface area contributed by atoms with Gasteiger partial charge in [-0.15, -0.1) is 11.3 Å². The average Bonchev–Trinajstić information content (AvgIpc) is 3.13. The molecule has 1 aliphatic carbocycles. The van der Waals surface area contributed by atoms with Crippen molar-refractivity contribution in [3.63, 3.8) is 0 Å². The minimum Gasteiger partial charge on any atom is -0.478 e. The summed E-state index contributed by atoms with van der Waals surface area (Å²) in [5.41, 5.74) is 6.48. The number of hydrogen-bond donors (Lipinski definition) is 3. The molecule has 0 radical (unpaired) electrons. The van der Waals surface area contributed by atoms with Crippen LogP contribution in [0.1, 0.15) is 44.5 Å². The van der Waals surface area contributed by atoms with Crippen LogP contribution in [0.3, 0.4) is 0 Å². The largest absolute Gasteiger partial charge is 0.478 e. The zero-order valence-corrected chi connectivity index (χ0v) is 10.5. The van der Waals surface area contributed by atoms with E-state index >= 15 is 0 Å². The standard InChI is InChI=1S/C12H10N2O4S/c13-8-7-5(11(15)16)3-6(4-1-2-4)14-10(7)19-9(8)12(17)18/h3-4H,1-2,13H2,(H,15,16)(H,17,18). The fourth-order valence-corrected chi connectivity index (χ4v) is 3.02. The van der Waals surface area contributed by atoms with Crippen molar-refractivity contribution in [1.82, 2.24) is 4.98 Å². The lowest BCUT2D eigenvalue weighted by Crippen LogP contribution is -2.03. The zero-order valence-electron chi connectivity index (χ0n) is 9.71. The first-order valence-electron chi connectivity index (χ1n) is 5.68. The summed E-state index contributed by atoms with van der Waals surface area (Å²) in [6, 6.07) is 1.51. The lowest BCUT2D eigenvalue weighted by atomic mass is 10.1. The number of anilines is 1. The van der Waals surface area contributed by atoms with Crippen molar-refractivity contribution in [2.24, 2.45) is 0 Å². The molecule has 0 bridgehead atoms. The third kappa shape index (κ3) is 1.82. The van der Waals surface area contributed by atoms with E-state index in [0.29, 0.717) is 16.4 Å². The summed E-state index contributed by atoms with van der Waals surface area (Å²) in [7, 11) is 0. The second-order valence-electron chi connectivity index (χ2n) is 4.50. The summed E-state index contributed by atoms with van der Waals surface area (Å²) in [5, 5.41) is 18.5. The summed E-state index contributed by atoms with van der Waals surface area (Å²) in [6.45, 7) is 0. The summed E-state index contributed by atoms with van der Waals surface area (Å²) in [4.78, 5) is 27.1. The first kappa shape index (κ1) is 11.9. The van der Waals surface area contributed by atoms with Crippen LogP contribution in [-0.2, 0) is 0 Å². The number of nitrogens with two attached hydrogens (primary N) is 1. The van der Waals surface area contributed by atoms with E-state index < -0.39 is 11.9 Å². The van der Waals surface area contributed by atoms with Crippen molar-refractivity contribution in [1.29, 1.82) is 0 Å². The summed E-state index contributed by atoms with van der Waals surface area (Å²) < 4.78 is 0. The molecule has 0 aliphatic heterocycles. The van der Waals surface area contributed by atoms with Gasteiger partial charge in [0.1, 0.15) is 9.71 Å². The number of pyridine rings is 1. The van der Waals surface area contributed by atoms with Crippen molar-refractivity contribution in [3.8, 4) is 0 Å². The maximum Gasteiger partial charge on any atom is 0.348 e. The van der Waals surface area contributed by atoms with Crippen molar-refractivity contribution >= 4 is 39.2 Å². The number of nitrogens with zero attached hydrogens (tertiary/aromatic N) is 1. The van der Waals surface area contributed by atoms with Crippen LogP contribution < -0.4 is 5.73 Å². The number of aromatic nitrogens is 1. The van der Waals surface area contributed by atoms with E-state index in [9.17, 15) is 14.7 Å². The van der Waals surface area contributed by atoms with Crippen LogP contribution in [0.5, 0.6) is 0 Å². The number of fused-ring (bicyclic) bond motifs is 1. The second kappa shape index (κ2) is 3.92. The van der Waals surface area contributed by atoms with Crippen LogP contribution in [-0.4, -0.2) is 27.1 Å². The number of thiophene rings is 1. The predicted molar refractivity (Wildman–Crippen MR) is 69.9 cm³/mol. The Kier molecular flexibility index (Phi) is 2.46. The molecule has 0 unspecified atom stereocenters. The van der Waals surface area contributed by atoms with Gasteiger partial charge in [-0.2, -0.15) is 0 Å². The Bertz CT molecular complexity index is 718. The van der Waals surface area contributed by atoms with Crippen LogP contribution in [0.25, 0.3) is 10.2 Å². The Balaban J connectivity index is 2.34. The van der Waals surface area contributed by atoms with E-state index in [-0.39, 0.29) is 21.5 Å². The lowest BCUT2D eigenvalue weighted by molar-refractivity contribution is 0.0688. The number of carboxylic acids is 2. The molecule has 1 saturated carbocycles. The molecule has 4 N–H and O–H groups in total. The number of carbonyl (C=O) groups is 2. The first-order valence-corrected chi connectivity index (χ1v) is 6.50. The van der Waals surface area contributed by atoms with Gasteiger partial charge in [0.2, 0.25) is 0 Å². The Morgan fingerprint density at radius 1 is 1.32 bits per heavy atom. The van der Waals surface area contributed by atoms with Gasteiger partial charge in [-0.05, 0) is 18.9 Å². The molecule has 98 valence electrons. The van der Waals surface area contributed by atoms with E-state index in [4.69, 9.17) is 10.8 Å². The number of carboxylic acid groups (broad SMARTS) is 2. The fraction of sp³-hybridized carbons (Fsp3) is 0.250. The molecular weight excluding hydrogens is 268 g/mol. The van der Waals surface area contributed by atoms with Crippen molar-refractivity contribution in [2.45, 2.75) is 18.8 Å². The molecule has 0 saturated heterocycles. The summed E-state index contributed by atoms with van der Waals surface area (Å²) >= 11 is 0.924. The predicted octanol–water partition coefficient (Wildman–Crippen LogP) is 2.15. The van der Waals surface area contributed by atoms with Gasteiger partial charge in [0.05, 0.1) is 11.3 Å². The molecule has 0 amide bonds. The average molecular weight is 278 g/mol. The molecule has 2 aromatic rings. The van der Waals surface area contributed by atoms with Gasteiger partial charge in [-0.3, -0.25) is 0 Å². The minimum absolute atomic E-state index is 0.0141. The third-order valence-electron chi connectivity index (χ3n) is 3.14. The SMILES string of the molecule is Nc1c(C(=O)O)sc2nc(C3CC3)cc(C(=O)O)c12. The molecule has 0 atom stereocenters. The quantitative estimate of drug-likeness (QED) is 0.792. The van der Waals surface area contributed by atoms with Crippen LogP contribution in [0.2, 0.25) is 0 Å². The van der Waals surface area contributed by atoms with Gasteiger partial charge in [0, 0.05) is 17.0 Å². The van der Waals surface area contributed by atoms with Gasteiger partial charge in [-0.25, -0.2) is 14.6 Å². The topological polar surface area (TPSA) is 114 Å².